The lowest BCUT2D eigenvalue weighted by Crippen LogP contribution is -2.23. The van der Waals surface area contributed by atoms with Crippen molar-refractivity contribution < 1.29 is 13.3 Å². The van der Waals surface area contributed by atoms with Crippen molar-refractivity contribution in [2.75, 3.05) is 25.5 Å². The maximum absolute atomic E-state index is 11.2. The van der Waals surface area contributed by atoms with Crippen molar-refractivity contribution in [2.24, 2.45) is 11.1 Å². The van der Waals surface area contributed by atoms with Crippen LogP contribution in [-0.2, 0) is 10.0 Å². The Kier molecular flexibility index (Phi) is 5.43. The summed E-state index contributed by atoms with van der Waals surface area (Å²) in [4.78, 5) is 10.1. The van der Waals surface area contributed by atoms with Crippen LogP contribution in [0.4, 0.5) is 11.4 Å². The SMILES string of the molecule is CNCC(C)CNc1ccc(S(N)(=O)=O)cc1[N+](=O)[O-]. The third-order valence-corrected chi connectivity index (χ3v) is 3.60. The van der Waals surface area contributed by atoms with Gasteiger partial charge in [0.25, 0.3) is 5.69 Å². The molecule has 0 heterocycles. The summed E-state index contributed by atoms with van der Waals surface area (Å²) in [5, 5.41) is 21.9. The molecule has 1 rings (SSSR count). The van der Waals surface area contributed by atoms with Gasteiger partial charge in [-0.25, -0.2) is 13.6 Å². The number of primary sulfonamides is 1. The number of hydrogen-bond acceptors (Lipinski definition) is 6. The average molecular weight is 302 g/mol. The van der Waals surface area contributed by atoms with Gasteiger partial charge in [0.1, 0.15) is 5.69 Å². The van der Waals surface area contributed by atoms with E-state index in [9.17, 15) is 18.5 Å². The van der Waals surface area contributed by atoms with E-state index in [-0.39, 0.29) is 22.2 Å². The summed E-state index contributed by atoms with van der Waals surface area (Å²) < 4.78 is 22.4. The number of nitrogens with two attached hydrogens (primary N) is 1. The van der Waals surface area contributed by atoms with Gasteiger partial charge >= 0.3 is 0 Å². The Labute approximate surface area is 117 Å². The molecular formula is C11H18N4O4S. The minimum atomic E-state index is -3.96. The number of nitrogens with one attached hydrogen (secondary N) is 2. The zero-order valence-corrected chi connectivity index (χ0v) is 12.1. The average Bonchev–Trinajstić information content (AvgIpc) is 2.35. The van der Waals surface area contributed by atoms with Gasteiger partial charge in [-0.05, 0) is 31.6 Å². The van der Waals surface area contributed by atoms with Crippen molar-refractivity contribution in [1.29, 1.82) is 0 Å². The smallest absolute Gasteiger partial charge is 0.293 e. The number of benzene rings is 1. The van der Waals surface area contributed by atoms with E-state index in [0.29, 0.717) is 6.54 Å². The summed E-state index contributed by atoms with van der Waals surface area (Å²) in [7, 11) is -2.14. The number of rotatable bonds is 7. The number of anilines is 1. The van der Waals surface area contributed by atoms with Crippen LogP contribution in [0, 0.1) is 16.0 Å². The normalized spacial score (nSPS) is 12.9. The second-order valence-corrected chi connectivity index (χ2v) is 6.09. The molecule has 0 saturated heterocycles. The van der Waals surface area contributed by atoms with Crippen molar-refractivity contribution in [3.05, 3.63) is 28.3 Å². The van der Waals surface area contributed by atoms with E-state index >= 15 is 0 Å². The predicted molar refractivity (Wildman–Crippen MR) is 76.1 cm³/mol. The van der Waals surface area contributed by atoms with Crippen LogP contribution in [0.15, 0.2) is 23.1 Å². The molecule has 112 valence electrons. The van der Waals surface area contributed by atoms with Gasteiger partial charge in [-0.3, -0.25) is 10.1 Å². The van der Waals surface area contributed by atoms with Gasteiger partial charge < -0.3 is 10.6 Å². The molecule has 20 heavy (non-hydrogen) atoms. The lowest BCUT2D eigenvalue weighted by Gasteiger charge is -2.13. The molecule has 0 amide bonds. The summed E-state index contributed by atoms with van der Waals surface area (Å²) in [5.74, 6) is 0.262. The van der Waals surface area contributed by atoms with Gasteiger partial charge in [0.2, 0.25) is 10.0 Å². The molecular weight excluding hydrogens is 284 g/mol. The Hall–Kier alpha value is -1.71. The highest BCUT2D eigenvalue weighted by molar-refractivity contribution is 7.89. The molecule has 0 saturated carbocycles. The Morgan fingerprint density at radius 3 is 2.55 bits per heavy atom. The summed E-state index contributed by atoms with van der Waals surface area (Å²) in [5.41, 5.74) is -0.0430. The molecule has 1 unspecified atom stereocenters. The third-order valence-electron chi connectivity index (χ3n) is 2.69. The molecule has 0 spiro atoms. The highest BCUT2D eigenvalue weighted by Gasteiger charge is 2.19. The second kappa shape index (κ2) is 6.64. The van der Waals surface area contributed by atoms with Crippen LogP contribution >= 0.6 is 0 Å². The second-order valence-electron chi connectivity index (χ2n) is 4.52. The molecule has 1 aromatic rings. The number of nitro groups is 1. The van der Waals surface area contributed by atoms with E-state index in [1.165, 1.54) is 12.1 Å². The van der Waals surface area contributed by atoms with E-state index in [0.717, 1.165) is 12.6 Å². The molecule has 0 aromatic heterocycles. The van der Waals surface area contributed by atoms with Crippen molar-refractivity contribution in [3.63, 3.8) is 0 Å². The fraction of sp³-hybridized carbons (Fsp3) is 0.455. The molecule has 0 bridgehead atoms. The Morgan fingerprint density at radius 2 is 2.05 bits per heavy atom. The zero-order valence-electron chi connectivity index (χ0n) is 11.3. The van der Waals surface area contributed by atoms with Gasteiger partial charge in [-0.2, -0.15) is 0 Å². The van der Waals surface area contributed by atoms with Gasteiger partial charge in [0.15, 0.2) is 0 Å². The fourth-order valence-electron chi connectivity index (χ4n) is 1.69. The van der Waals surface area contributed by atoms with Crippen LogP contribution in [0.1, 0.15) is 6.92 Å². The van der Waals surface area contributed by atoms with Crippen LogP contribution < -0.4 is 15.8 Å². The van der Waals surface area contributed by atoms with Crippen molar-refractivity contribution in [2.45, 2.75) is 11.8 Å². The first-order valence-electron chi connectivity index (χ1n) is 5.95. The Bertz CT molecular complexity index is 588. The van der Waals surface area contributed by atoms with Crippen LogP contribution in [0.25, 0.3) is 0 Å². The highest BCUT2D eigenvalue weighted by Crippen LogP contribution is 2.27. The molecule has 0 fully saturated rings. The molecule has 4 N–H and O–H groups in total. The topological polar surface area (TPSA) is 127 Å². The summed E-state index contributed by atoms with van der Waals surface area (Å²) >= 11 is 0. The number of sulfonamides is 1. The zero-order chi connectivity index (χ0) is 15.3. The first-order chi connectivity index (χ1) is 9.25. The molecule has 0 radical (unpaired) electrons. The largest absolute Gasteiger partial charge is 0.379 e. The maximum atomic E-state index is 11.2. The number of nitro benzene ring substituents is 1. The summed E-state index contributed by atoms with van der Waals surface area (Å²) in [6.45, 7) is 3.26. The summed E-state index contributed by atoms with van der Waals surface area (Å²) in [6.07, 6.45) is 0. The Balaban J connectivity index is 3.00. The predicted octanol–water partition coefficient (Wildman–Crippen LogP) is 0.510. The van der Waals surface area contributed by atoms with E-state index in [2.05, 4.69) is 10.6 Å². The lowest BCUT2D eigenvalue weighted by atomic mass is 10.1. The van der Waals surface area contributed by atoms with Crippen LogP contribution in [0.5, 0.6) is 0 Å². The van der Waals surface area contributed by atoms with Crippen LogP contribution in [0.2, 0.25) is 0 Å². The lowest BCUT2D eigenvalue weighted by molar-refractivity contribution is -0.384. The van der Waals surface area contributed by atoms with Crippen LogP contribution in [0.3, 0.4) is 0 Å². The van der Waals surface area contributed by atoms with Gasteiger partial charge in [-0.1, -0.05) is 6.92 Å². The molecule has 0 aliphatic carbocycles. The number of nitrogens with zero attached hydrogens (tertiary/aromatic N) is 1. The van der Waals surface area contributed by atoms with Gasteiger partial charge in [-0.15, -0.1) is 0 Å². The van der Waals surface area contributed by atoms with Crippen LogP contribution in [-0.4, -0.2) is 33.5 Å². The monoisotopic (exact) mass is 302 g/mol. The van der Waals surface area contributed by atoms with Gasteiger partial charge in [0, 0.05) is 12.6 Å². The molecule has 0 aliphatic heterocycles. The quantitative estimate of drug-likeness (QED) is 0.497. The molecule has 1 aromatic carbocycles. The van der Waals surface area contributed by atoms with E-state index < -0.39 is 14.9 Å². The van der Waals surface area contributed by atoms with Crippen molar-refractivity contribution in [3.8, 4) is 0 Å². The Morgan fingerprint density at radius 1 is 1.40 bits per heavy atom. The third kappa shape index (κ3) is 4.44. The van der Waals surface area contributed by atoms with Crippen molar-refractivity contribution >= 4 is 21.4 Å². The van der Waals surface area contributed by atoms with Crippen molar-refractivity contribution in [1.82, 2.24) is 5.32 Å². The fourth-order valence-corrected chi connectivity index (χ4v) is 2.23. The minimum absolute atomic E-state index is 0.262. The van der Waals surface area contributed by atoms with E-state index in [1.54, 1.807) is 0 Å². The molecule has 1 atom stereocenters. The van der Waals surface area contributed by atoms with Gasteiger partial charge in [0.05, 0.1) is 9.82 Å². The molecule has 0 aliphatic rings. The summed E-state index contributed by atoms with van der Waals surface area (Å²) in [6, 6.07) is 3.55. The number of hydrogen-bond donors (Lipinski definition) is 3. The standard InChI is InChI=1S/C11H18N4O4S/c1-8(6-13-2)7-14-10-4-3-9(20(12,18)19)5-11(10)15(16)17/h3-5,8,13-14H,6-7H2,1-2H3,(H2,12,18,19). The maximum Gasteiger partial charge on any atom is 0.293 e. The van der Waals surface area contributed by atoms with E-state index in [1.807, 2.05) is 14.0 Å². The van der Waals surface area contributed by atoms with E-state index in [4.69, 9.17) is 5.14 Å². The first kappa shape index (κ1) is 16.3. The first-order valence-corrected chi connectivity index (χ1v) is 7.50. The minimum Gasteiger partial charge on any atom is -0.379 e. The molecule has 9 heteroatoms. The molecule has 8 nitrogen and oxygen atoms in total. The highest BCUT2D eigenvalue weighted by atomic mass is 32.2.